The predicted molar refractivity (Wildman–Crippen MR) is 102 cm³/mol. The Kier molecular flexibility index (Phi) is 6.02. The lowest BCUT2D eigenvalue weighted by Gasteiger charge is -2.30. The van der Waals surface area contributed by atoms with Crippen LogP contribution in [0, 0.1) is 0 Å². The standard InChI is InChI=1S/C21H23F3N2O3/c1-13(20(27)25-17-6-4-16(5-7-17)21(22,23)24)26-9-8-14-10-18(28-2)19(29-3)11-15(14)12-26/h4-7,10-11,13H,8-9,12H2,1-3H3,(H,25,27)/p+1/t13-/m0/s1. The second-order valence-electron chi connectivity index (χ2n) is 7.10. The minimum Gasteiger partial charge on any atom is -0.493 e. The number of anilines is 1. The quantitative estimate of drug-likeness (QED) is 0.799. The molecule has 0 radical (unpaired) electrons. The molecule has 29 heavy (non-hydrogen) atoms. The molecule has 1 unspecified atom stereocenters. The second kappa shape index (κ2) is 8.32. The van der Waals surface area contributed by atoms with E-state index < -0.39 is 11.7 Å². The molecule has 2 aromatic carbocycles. The SMILES string of the molecule is COc1cc2c(cc1OC)C[NH+]([C@@H](C)C(=O)Nc1ccc(C(F)(F)F)cc1)CC2. The Balaban J connectivity index is 1.68. The zero-order valence-electron chi connectivity index (χ0n) is 16.5. The summed E-state index contributed by atoms with van der Waals surface area (Å²) in [6, 6.07) is 8.01. The monoisotopic (exact) mass is 409 g/mol. The highest BCUT2D eigenvalue weighted by molar-refractivity contribution is 5.93. The van der Waals surface area contributed by atoms with E-state index in [9.17, 15) is 18.0 Å². The summed E-state index contributed by atoms with van der Waals surface area (Å²) in [5, 5.41) is 2.71. The summed E-state index contributed by atoms with van der Waals surface area (Å²) in [6.07, 6.45) is -3.60. The van der Waals surface area contributed by atoms with Crippen LogP contribution in [-0.4, -0.2) is 32.7 Å². The number of quaternary nitrogens is 1. The molecule has 0 bridgehead atoms. The Morgan fingerprint density at radius 1 is 1.07 bits per heavy atom. The zero-order chi connectivity index (χ0) is 21.2. The number of hydrogen-bond donors (Lipinski definition) is 2. The number of halogens is 3. The van der Waals surface area contributed by atoms with Crippen LogP contribution >= 0.6 is 0 Å². The first-order valence-corrected chi connectivity index (χ1v) is 9.29. The van der Waals surface area contributed by atoms with Crippen molar-refractivity contribution < 1.29 is 32.3 Å². The fourth-order valence-corrected chi connectivity index (χ4v) is 3.54. The predicted octanol–water partition coefficient (Wildman–Crippen LogP) is 2.69. The Morgan fingerprint density at radius 2 is 1.66 bits per heavy atom. The Hall–Kier alpha value is -2.74. The smallest absolute Gasteiger partial charge is 0.416 e. The number of methoxy groups -OCH3 is 2. The topological polar surface area (TPSA) is 52.0 Å². The minimum atomic E-state index is -4.40. The van der Waals surface area contributed by atoms with Crippen LogP contribution < -0.4 is 19.7 Å². The van der Waals surface area contributed by atoms with E-state index in [1.165, 1.54) is 17.7 Å². The van der Waals surface area contributed by atoms with Crippen molar-refractivity contribution >= 4 is 11.6 Å². The zero-order valence-corrected chi connectivity index (χ0v) is 16.5. The number of fused-ring (bicyclic) bond motifs is 1. The van der Waals surface area contributed by atoms with Crippen LogP contribution in [0.1, 0.15) is 23.6 Å². The number of benzene rings is 2. The summed E-state index contributed by atoms with van der Waals surface area (Å²) in [4.78, 5) is 13.7. The number of alkyl halides is 3. The van der Waals surface area contributed by atoms with Crippen molar-refractivity contribution in [2.24, 2.45) is 0 Å². The number of nitrogens with one attached hydrogen (secondary N) is 2. The number of ether oxygens (including phenoxy) is 2. The summed E-state index contributed by atoms with van der Waals surface area (Å²) in [7, 11) is 3.18. The van der Waals surface area contributed by atoms with E-state index in [1.807, 2.05) is 19.1 Å². The van der Waals surface area contributed by atoms with Gasteiger partial charge in [-0.3, -0.25) is 4.79 Å². The molecule has 0 aromatic heterocycles. The van der Waals surface area contributed by atoms with Gasteiger partial charge in [-0.1, -0.05) is 0 Å². The summed E-state index contributed by atoms with van der Waals surface area (Å²) >= 11 is 0. The summed E-state index contributed by atoms with van der Waals surface area (Å²) in [5.41, 5.74) is 1.86. The summed E-state index contributed by atoms with van der Waals surface area (Å²) in [5.74, 6) is 1.10. The number of carbonyl (C=O) groups is 1. The van der Waals surface area contributed by atoms with E-state index in [-0.39, 0.29) is 11.9 Å². The maximum atomic E-state index is 12.7. The molecular formula is C21H24F3N2O3+. The van der Waals surface area contributed by atoms with Crippen LogP contribution in [0.25, 0.3) is 0 Å². The van der Waals surface area contributed by atoms with Gasteiger partial charge in [0.05, 0.1) is 26.3 Å². The van der Waals surface area contributed by atoms with Gasteiger partial charge in [0.1, 0.15) is 6.54 Å². The first kappa shape index (κ1) is 21.0. The molecule has 5 nitrogen and oxygen atoms in total. The molecule has 2 N–H and O–H groups in total. The fourth-order valence-electron chi connectivity index (χ4n) is 3.54. The van der Waals surface area contributed by atoms with E-state index in [0.29, 0.717) is 23.7 Å². The van der Waals surface area contributed by atoms with E-state index in [4.69, 9.17) is 9.47 Å². The number of amides is 1. The van der Waals surface area contributed by atoms with Gasteiger partial charge in [0.15, 0.2) is 17.5 Å². The highest BCUT2D eigenvalue weighted by Gasteiger charge is 2.31. The lowest BCUT2D eigenvalue weighted by molar-refractivity contribution is -0.929. The van der Waals surface area contributed by atoms with Crippen LogP contribution in [0.2, 0.25) is 0 Å². The molecule has 0 fully saturated rings. The van der Waals surface area contributed by atoms with Gasteiger partial charge in [0.25, 0.3) is 5.91 Å². The molecule has 156 valence electrons. The summed E-state index contributed by atoms with van der Waals surface area (Å²) < 4.78 is 48.7. The van der Waals surface area contributed by atoms with Crippen molar-refractivity contribution in [2.45, 2.75) is 32.1 Å². The molecule has 0 saturated heterocycles. The molecule has 2 atom stereocenters. The van der Waals surface area contributed by atoms with Crippen molar-refractivity contribution in [1.29, 1.82) is 0 Å². The Labute approximate surface area is 167 Å². The average Bonchev–Trinajstić information content (AvgIpc) is 2.71. The largest absolute Gasteiger partial charge is 0.493 e. The molecule has 1 aliphatic heterocycles. The highest BCUT2D eigenvalue weighted by Crippen LogP contribution is 2.31. The third-order valence-corrected chi connectivity index (χ3v) is 5.32. The first-order chi connectivity index (χ1) is 13.7. The van der Waals surface area contributed by atoms with Crippen molar-refractivity contribution in [1.82, 2.24) is 0 Å². The minimum absolute atomic E-state index is 0.233. The van der Waals surface area contributed by atoms with Gasteiger partial charge < -0.3 is 19.7 Å². The molecule has 3 rings (SSSR count). The van der Waals surface area contributed by atoms with E-state index in [0.717, 1.165) is 35.6 Å². The lowest BCUT2D eigenvalue weighted by atomic mass is 9.97. The number of hydrogen-bond acceptors (Lipinski definition) is 3. The number of carbonyl (C=O) groups excluding carboxylic acids is 1. The maximum absolute atomic E-state index is 12.7. The van der Waals surface area contributed by atoms with Crippen molar-refractivity contribution in [2.75, 3.05) is 26.1 Å². The molecule has 1 amide bonds. The molecule has 2 aromatic rings. The lowest BCUT2D eigenvalue weighted by Crippen LogP contribution is -3.16. The highest BCUT2D eigenvalue weighted by atomic mass is 19.4. The summed E-state index contributed by atoms with van der Waals surface area (Å²) in [6.45, 7) is 3.24. The Morgan fingerprint density at radius 3 is 2.21 bits per heavy atom. The van der Waals surface area contributed by atoms with Crippen molar-refractivity contribution in [3.8, 4) is 11.5 Å². The Bertz CT molecular complexity index is 882. The maximum Gasteiger partial charge on any atom is 0.416 e. The fraction of sp³-hybridized carbons (Fsp3) is 0.381. The van der Waals surface area contributed by atoms with Gasteiger partial charge in [-0.25, -0.2) is 0 Å². The molecular weight excluding hydrogens is 385 g/mol. The average molecular weight is 409 g/mol. The van der Waals surface area contributed by atoms with E-state index >= 15 is 0 Å². The third kappa shape index (κ3) is 4.64. The van der Waals surface area contributed by atoms with Gasteiger partial charge in [0, 0.05) is 17.7 Å². The van der Waals surface area contributed by atoms with Crippen LogP contribution in [0.15, 0.2) is 36.4 Å². The van der Waals surface area contributed by atoms with Crippen molar-refractivity contribution in [3.05, 3.63) is 53.1 Å². The van der Waals surface area contributed by atoms with Crippen LogP contribution in [-0.2, 0) is 23.9 Å². The van der Waals surface area contributed by atoms with Gasteiger partial charge in [-0.15, -0.1) is 0 Å². The van der Waals surface area contributed by atoms with E-state index in [1.54, 1.807) is 14.2 Å². The van der Waals surface area contributed by atoms with Gasteiger partial charge >= 0.3 is 6.18 Å². The van der Waals surface area contributed by atoms with Gasteiger partial charge in [-0.05, 0) is 48.9 Å². The van der Waals surface area contributed by atoms with Crippen LogP contribution in [0.3, 0.4) is 0 Å². The molecule has 0 saturated carbocycles. The molecule has 8 heteroatoms. The molecule has 1 aliphatic rings. The van der Waals surface area contributed by atoms with Crippen LogP contribution in [0.4, 0.5) is 18.9 Å². The normalized spacial score (nSPS) is 17.2. The van der Waals surface area contributed by atoms with Crippen LogP contribution in [0.5, 0.6) is 11.5 Å². The first-order valence-electron chi connectivity index (χ1n) is 9.29. The molecule has 0 aliphatic carbocycles. The van der Waals surface area contributed by atoms with E-state index in [2.05, 4.69) is 5.32 Å². The third-order valence-electron chi connectivity index (χ3n) is 5.32. The number of rotatable bonds is 5. The van der Waals surface area contributed by atoms with Gasteiger partial charge in [-0.2, -0.15) is 13.2 Å². The molecule has 1 heterocycles. The van der Waals surface area contributed by atoms with Gasteiger partial charge in [0.2, 0.25) is 0 Å². The van der Waals surface area contributed by atoms with Crippen molar-refractivity contribution in [3.63, 3.8) is 0 Å². The molecule has 0 spiro atoms. The second-order valence-corrected chi connectivity index (χ2v) is 7.10.